The van der Waals surface area contributed by atoms with E-state index in [1.54, 1.807) is 12.1 Å². The Balaban J connectivity index is 1.82. The monoisotopic (exact) mass is 390 g/mol. The van der Waals surface area contributed by atoms with Gasteiger partial charge in [-0.3, -0.25) is 4.79 Å². The fraction of sp³-hybridized carbons (Fsp3) is 0.167. The number of ether oxygens (including phenoxy) is 1. The zero-order valence-electron chi connectivity index (χ0n) is 14.1. The van der Waals surface area contributed by atoms with Crippen molar-refractivity contribution in [2.45, 2.75) is 17.7 Å². The molecule has 1 heterocycles. The molecule has 3 N–H and O–H groups in total. The molecule has 0 saturated heterocycles. The van der Waals surface area contributed by atoms with Gasteiger partial charge in [0.1, 0.15) is 9.96 Å². The number of hydrogen-bond acceptors (Lipinski definition) is 5. The average molecular weight is 390 g/mol. The molecule has 0 radical (unpaired) electrons. The molecule has 26 heavy (non-hydrogen) atoms. The summed E-state index contributed by atoms with van der Waals surface area (Å²) in [4.78, 5) is 13.3. The normalized spacial score (nSPS) is 11.5. The van der Waals surface area contributed by atoms with Gasteiger partial charge in [-0.15, -0.1) is 11.3 Å². The predicted octanol–water partition coefficient (Wildman–Crippen LogP) is 2.88. The number of fused-ring (bicyclic) bond motifs is 1. The molecule has 0 saturated carbocycles. The Labute approximate surface area is 155 Å². The maximum atomic E-state index is 12.6. The first-order valence-electron chi connectivity index (χ1n) is 7.94. The lowest BCUT2D eigenvalue weighted by Gasteiger charge is -2.12. The lowest BCUT2D eigenvalue weighted by Crippen LogP contribution is -2.23. The maximum Gasteiger partial charge on any atom is 0.255 e. The van der Waals surface area contributed by atoms with Crippen LogP contribution in [0.25, 0.3) is 10.8 Å². The van der Waals surface area contributed by atoms with E-state index >= 15 is 0 Å². The van der Waals surface area contributed by atoms with Gasteiger partial charge >= 0.3 is 0 Å². The second kappa shape index (κ2) is 7.45. The minimum Gasteiger partial charge on any atom is -0.493 e. The van der Waals surface area contributed by atoms with Crippen molar-refractivity contribution in [2.24, 2.45) is 5.14 Å². The molecule has 3 aromatic rings. The van der Waals surface area contributed by atoms with Crippen LogP contribution >= 0.6 is 11.3 Å². The molecule has 2 aromatic carbocycles. The molecule has 0 bridgehead atoms. The summed E-state index contributed by atoms with van der Waals surface area (Å²) in [6.07, 6.45) is 0. The third-order valence-corrected chi connectivity index (χ3v) is 6.26. The van der Waals surface area contributed by atoms with Crippen molar-refractivity contribution in [1.82, 2.24) is 5.32 Å². The molecule has 136 valence electrons. The molecule has 1 aromatic heterocycles. The zero-order chi connectivity index (χ0) is 18.7. The van der Waals surface area contributed by atoms with Crippen LogP contribution in [-0.4, -0.2) is 20.9 Å². The molecule has 0 aliphatic heterocycles. The van der Waals surface area contributed by atoms with Gasteiger partial charge in [-0.2, -0.15) is 0 Å². The van der Waals surface area contributed by atoms with E-state index in [0.29, 0.717) is 22.8 Å². The standard InChI is InChI=1S/C18H18N2O4S2/c1-2-24-16-10-13-6-4-3-5-12(13)9-15(16)18(21)20-11-14-7-8-17(25-14)26(19,22)23/h3-10H,2,11H2,1H3,(H,20,21)(H2,19,22,23). The van der Waals surface area contributed by atoms with Gasteiger partial charge in [0.05, 0.1) is 18.7 Å². The predicted molar refractivity (Wildman–Crippen MR) is 102 cm³/mol. The first kappa shape index (κ1) is 18.4. The van der Waals surface area contributed by atoms with E-state index in [-0.39, 0.29) is 16.7 Å². The maximum absolute atomic E-state index is 12.6. The number of carbonyl (C=O) groups excluding carboxylic acids is 1. The molecular weight excluding hydrogens is 372 g/mol. The molecule has 0 aliphatic rings. The van der Waals surface area contributed by atoms with E-state index in [9.17, 15) is 13.2 Å². The second-order valence-electron chi connectivity index (χ2n) is 5.58. The number of carbonyl (C=O) groups is 1. The summed E-state index contributed by atoms with van der Waals surface area (Å²) in [6.45, 7) is 2.51. The van der Waals surface area contributed by atoms with Crippen molar-refractivity contribution in [3.63, 3.8) is 0 Å². The highest BCUT2D eigenvalue weighted by molar-refractivity contribution is 7.91. The Bertz CT molecular complexity index is 1060. The van der Waals surface area contributed by atoms with Gasteiger partial charge in [0.15, 0.2) is 0 Å². The Hall–Kier alpha value is -2.42. The van der Waals surface area contributed by atoms with Crippen LogP contribution in [0.15, 0.2) is 52.7 Å². The molecule has 0 atom stereocenters. The smallest absolute Gasteiger partial charge is 0.255 e. The number of sulfonamides is 1. The summed E-state index contributed by atoms with van der Waals surface area (Å²) in [5.74, 6) is 0.227. The third kappa shape index (κ3) is 4.04. The number of rotatable bonds is 6. The van der Waals surface area contributed by atoms with Gasteiger partial charge in [0.25, 0.3) is 5.91 Å². The summed E-state index contributed by atoms with van der Waals surface area (Å²) in [5.41, 5.74) is 0.439. The number of nitrogens with one attached hydrogen (secondary N) is 1. The first-order chi connectivity index (χ1) is 12.4. The Morgan fingerprint density at radius 1 is 1.15 bits per heavy atom. The molecule has 6 nitrogen and oxygen atoms in total. The van der Waals surface area contributed by atoms with Crippen LogP contribution in [0.1, 0.15) is 22.2 Å². The van der Waals surface area contributed by atoms with Crippen LogP contribution in [0.3, 0.4) is 0 Å². The number of benzene rings is 2. The van der Waals surface area contributed by atoms with Crippen molar-refractivity contribution in [3.05, 3.63) is 59.0 Å². The van der Waals surface area contributed by atoms with Gasteiger partial charge in [0.2, 0.25) is 10.0 Å². The lowest BCUT2D eigenvalue weighted by atomic mass is 10.1. The van der Waals surface area contributed by atoms with E-state index in [1.807, 2.05) is 37.3 Å². The molecule has 8 heteroatoms. The first-order valence-corrected chi connectivity index (χ1v) is 10.3. The third-order valence-electron chi connectivity index (χ3n) is 3.73. The minimum atomic E-state index is -3.73. The van der Waals surface area contributed by atoms with Gasteiger partial charge in [-0.05, 0) is 42.0 Å². The Morgan fingerprint density at radius 2 is 1.85 bits per heavy atom. The van der Waals surface area contributed by atoms with E-state index in [2.05, 4.69) is 5.32 Å². The summed E-state index contributed by atoms with van der Waals surface area (Å²) in [5, 5.41) is 9.83. The Kier molecular flexibility index (Phi) is 5.26. The van der Waals surface area contributed by atoms with E-state index in [1.165, 1.54) is 6.07 Å². The lowest BCUT2D eigenvalue weighted by molar-refractivity contribution is 0.0947. The molecular formula is C18H18N2O4S2. The number of hydrogen-bond donors (Lipinski definition) is 2. The van der Waals surface area contributed by atoms with E-state index < -0.39 is 10.0 Å². The number of amides is 1. The summed E-state index contributed by atoms with van der Waals surface area (Å²) in [6, 6.07) is 14.4. The number of primary sulfonamides is 1. The number of thiophene rings is 1. The number of nitrogens with two attached hydrogens (primary N) is 1. The quantitative estimate of drug-likeness (QED) is 0.676. The molecule has 0 unspecified atom stereocenters. The van der Waals surface area contributed by atoms with Crippen LogP contribution in [0.4, 0.5) is 0 Å². The van der Waals surface area contributed by atoms with Crippen molar-refractivity contribution >= 4 is 38.0 Å². The van der Waals surface area contributed by atoms with E-state index in [4.69, 9.17) is 9.88 Å². The fourth-order valence-electron chi connectivity index (χ4n) is 2.54. The van der Waals surface area contributed by atoms with E-state index in [0.717, 1.165) is 22.1 Å². The zero-order valence-corrected chi connectivity index (χ0v) is 15.7. The van der Waals surface area contributed by atoms with Crippen molar-refractivity contribution in [2.75, 3.05) is 6.61 Å². The van der Waals surface area contributed by atoms with Gasteiger partial charge in [0, 0.05) is 4.88 Å². The van der Waals surface area contributed by atoms with Crippen LogP contribution in [0, 0.1) is 0 Å². The second-order valence-corrected chi connectivity index (χ2v) is 8.53. The minimum absolute atomic E-state index is 0.0717. The summed E-state index contributed by atoms with van der Waals surface area (Å²) in [7, 11) is -3.73. The van der Waals surface area contributed by atoms with Crippen molar-refractivity contribution in [1.29, 1.82) is 0 Å². The topological polar surface area (TPSA) is 98.5 Å². The average Bonchev–Trinajstić information content (AvgIpc) is 3.09. The molecule has 3 rings (SSSR count). The van der Waals surface area contributed by atoms with Gasteiger partial charge in [-0.25, -0.2) is 13.6 Å². The summed E-state index contributed by atoms with van der Waals surface area (Å²) >= 11 is 1.04. The van der Waals surface area contributed by atoms with Crippen LogP contribution in [-0.2, 0) is 16.6 Å². The fourth-order valence-corrected chi connectivity index (χ4v) is 4.26. The highest BCUT2D eigenvalue weighted by atomic mass is 32.2. The van der Waals surface area contributed by atoms with Crippen LogP contribution in [0.2, 0.25) is 0 Å². The largest absolute Gasteiger partial charge is 0.493 e. The molecule has 0 spiro atoms. The highest BCUT2D eigenvalue weighted by Crippen LogP contribution is 2.27. The van der Waals surface area contributed by atoms with Crippen molar-refractivity contribution < 1.29 is 17.9 Å². The SMILES string of the molecule is CCOc1cc2ccccc2cc1C(=O)NCc1ccc(S(N)(=O)=O)s1. The van der Waals surface area contributed by atoms with Crippen LogP contribution < -0.4 is 15.2 Å². The van der Waals surface area contributed by atoms with Gasteiger partial charge < -0.3 is 10.1 Å². The molecule has 1 amide bonds. The summed E-state index contributed by atoms with van der Waals surface area (Å²) < 4.78 is 28.3. The Morgan fingerprint density at radius 3 is 2.46 bits per heavy atom. The van der Waals surface area contributed by atoms with Crippen LogP contribution in [0.5, 0.6) is 5.75 Å². The molecule has 0 aliphatic carbocycles. The highest BCUT2D eigenvalue weighted by Gasteiger charge is 2.15. The molecule has 0 fully saturated rings. The van der Waals surface area contributed by atoms with Crippen molar-refractivity contribution in [3.8, 4) is 5.75 Å². The van der Waals surface area contributed by atoms with Gasteiger partial charge in [-0.1, -0.05) is 24.3 Å².